The van der Waals surface area contributed by atoms with Gasteiger partial charge in [0.2, 0.25) is 23.0 Å². The number of ether oxygens (including phenoxy) is 8. The average molecular weight is 601 g/mol. The summed E-state index contributed by atoms with van der Waals surface area (Å²) in [7, 11) is 0. The van der Waals surface area contributed by atoms with Crippen LogP contribution in [0.15, 0.2) is 37.4 Å². The van der Waals surface area contributed by atoms with Gasteiger partial charge in [-0.2, -0.15) is 0 Å². The van der Waals surface area contributed by atoms with E-state index in [1.807, 2.05) is 55.4 Å². The molecule has 0 fully saturated rings. The van der Waals surface area contributed by atoms with Crippen LogP contribution in [0.25, 0.3) is 0 Å². The van der Waals surface area contributed by atoms with Gasteiger partial charge in [0.1, 0.15) is 0 Å². The van der Waals surface area contributed by atoms with Crippen molar-refractivity contribution in [3.05, 3.63) is 48.6 Å². The number of carbonyl (C=O) groups is 2. The SMILES string of the molecule is C=CC(=O)Oc1c(OCC)cc(C(C)(C)c2cc(OCC)c(OC(=O)C=C)c(OCC)c2OCC)c(OCC)c1OCC. The van der Waals surface area contributed by atoms with Crippen molar-refractivity contribution in [2.45, 2.75) is 60.8 Å². The van der Waals surface area contributed by atoms with E-state index >= 15 is 0 Å². The molecule has 0 aromatic heterocycles. The first-order valence-electron chi connectivity index (χ1n) is 14.5. The van der Waals surface area contributed by atoms with Crippen molar-refractivity contribution in [3.63, 3.8) is 0 Å². The van der Waals surface area contributed by atoms with E-state index < -0.39 is 17.4 Å². The van der Waals surface area contributed by atoms with E-state index in [4.69, 9.17) is 37.9 Å². The summed E-state index contributed by atoms with van der Waals surface area (Å²) in [5.74, 6) is 0.475. The highest BCUT2D eigenvalue weighted by molar-refractivity contribution is 5.86. The highest BCUT2D eigenvalue weighted by atomic mass is 16.6. The molecule has 0 aliphatic heterocycles. The Hall–Kier alpha value is -4.34. The quantitative estimate of drug-likeness (QED) is 0.106. The fraction of sp³-hybridized carbons (Fsp3) is 0.455. The minimum absolute atomic E-state index is 0.0818. The first kappa shape index (κ1) is 34.9. The van der Waals surface area contributed by atoms with Gasteiger partial charge >= 0.3 is 11.9 Å². The Morgan fingerprint density at radius 1 is 0.558 bits per heavy atom. The number of hydrogen-bond donors (Lipinski definition) is 0. The maximum atomic E-state index is 12.3. The first-order chi connectivity index (χ1) is 20.6. The maximum absolute atomic E-state index is 12.3. The van der Waals surface area contributed by atoms with Gasteiger partial charge < -0.3 is 37.9 Å². The maximum Gasteiger partial charge on any atom is 0.335 e. The molecule has 0 bridgehead atoms. The van der Waals surface area contributed by atoms with Crippen LogP contribution in [-0.2, 0) is 15.0 Å². The summed E-state index contributed by atoms with van der Waals surface area (Å²) in [6, 6.07) is 3.51. The Kier molecular flexibility index (Phi) is 13.2. The standard InChI is InChI=1S/C33H44O10/c1-11-25(34)42-29-23(36-13-3)19-21(27(38-15-5)31(29)40-17-7)33(9,10)22-20-24(37-14-4)30(43-26(35)12-2)32(41-18-8)28(22)39-16-6/h11-12,19-20H,1-2,13-18H2,3-10H3. The van der Waals surface area contributed by atoms with E-state index in [-0.39, 0.29) is 74.1 Å². The number of carbonyl (C=O) groups excluding carboxylic acids is 2. The molecule has 0 heterocycles. The largest absolute Gasteiger partial charge is 0.490 e. The van der Waals surface area contributed by atoms with Crippen LogP contribution in [0.1, 0.15) is 66.5 Å². The summed E-state index contributed by atoms with van der Waals surface area (Å²) >= 11 is 0. The zero-order valence-electron chi connectivity index (χ0n) is 26.5. The van der Waals surface area contributed by atoms with Gasteiger partial charge in [-0.1, -0.05) is 27.0 Å². The van der Waals surface area contributed by atoms with Crippen LogP contribution in [0.2, 0.25) is 0 Å². The molecule has 0 saturated carbocycles. The monoisotopic (exact) mass is 600 g/mol. The summed E-state index contributed by atoms with van der Waals surface area (Å²) in [4.78, 5) is 24.7. The van der Waals surface area contributed by atoms with Crippen molar-refractivity contribution in [2.75, 3.05) is 39.6 Å². The third-order valence-electron chi connectivity index (χ3n) is 6.15. The number of rotatable bonds is 18. The summed E-state index contributed by atoms with van der Waals surface area (Å²) in [5, 5.41) is 0. The van der Waals surface area contributed by atoms with Gasteiger partial charge in [-0.05, 0) is 53.7 Å². The zero-order chi connectivity index (χ0) is 32.2. The van der Waals surface area contributed by atoms with Crippen molar-refractivity contribution in [1.82, 2.24) is 0 Å². The lowest BCUT2D eigenvalue weighted by atomic mass is 9.76. The van der Waals surface area contributed by atoms with Gasteiger partial charge in [-0.15, -0.1) is 0 Å². The smallest absolute Gasteiger partial charge is 0.335 e. The Labute approximate surface area is 254 Å². The van der Waals surface area contributed by atoms with E-state index in [0.717, 1.165) is 12.2 Å². The molecule has 0 unspecified atom stereocenters. The van der Waals surface area contributed by atoms with Crippen molar-refractivity contribution in [2.24, 2.45) is 0 Å². The highest BCUT2D eigenvalue weighted by Crippen LogP contribution is 2.56. The molecule has 0 atom stereocenters. The highest BCUT2D eigenvalue weighted by Gasteiger charge is 2.38. The van der Waals surface area contributed by atoms with Crippen LogP contribution in [0.3, 0.4) is 0 Å². The van der Waals surface area contributed by atoms with Gasteiger partial charge in [0.05, 0.1) is 39.6 Å². The Balaban J connectivity index is 3.11. The molecule has 2 rings (SSSR count). The first-order valence-corrected chi connectivity index (χ1v) is 14.5. The third-order valence-corrected chi connectivity index (χ3v) is 6.15. The number of benzene rings is 2. The van der Waals surface area contributed by atoms with Crippen molar-refractivity contribution < 1.29 is 47.5 Å². The molecule has 0 aliphatic rings. The Morgan fingerprint density at radius 2 is 0.860 bits per heavy atom. The molecule has 0 amide bonds. The Bertz CT molecular complexity index is 1200. The number of hydrogen-bond acceptors (Lipinski definition) is 10. The normalized spacial score (nSPS) is 10.8. The fourth-order valence-corrected chi connectivity index (χ4v) is 4.40. The second kappa shape index (κ2) is 16.3. The summed E-state index contributed by atoms with van der Waals surface area (Å²) in [6.45, 7) is 23.5. The molecule has 0 N–H and O–H groups in total. The summed E-state index contributed by atoms with van der Waals surface area (Å²) in [6.07, 6.45) is 2.12. The molecule has 2 aromatic carbocycles. The van der Waals surface area contributed by atoms with Gasteiger partial charge in [0.15, 0.2) is 23.0 Å². The summed E-state index contributed by atoms with van der Waals surface area (Å²) in [5.41, 5.74) is 0.370. The van der Waals surface area contributed by atoms with Gasteiger partial charge in [-0.3, -0.25) is 0 Å². The zero-order valence-corrected chi connectivity index (χ0v) is 26.5. The minimum atomic E-state index is -0.910. The van der Waals surface area contributed by atoms with Crippen molar-refractivity contribution >= 4 is 11.9 Å². The van der Waals surface area contributed by atoms with Crippen LogP contribution in [0.5, 0.6) is 46.0 Å². The molecular weight excluding hydrogens is 556 g/mol. The molecule has 0 spiro atoms. The molecule has 43 heavy (non-hydrogen) atoms. The lowest BCUT2D eigenvalue weighted by Crippen LogP contribution is -2.24. The average Bonchev–Trinajstić information content (AvgIpc) is 2.98. The van der Waals surface area contributed by atoms with Crippen LogP contribution in [0, 0.1) is 0 Å². The topological polar surface area (TPSA) is 108 Å². The van der Waals surface area contributed by atoms with Crippen molar-refractivity contribution in [3.8, 4) is 46.0 Å². The fourth-order valence-electron chi connectivity index (χ4n) is 4.40. The van der Waals surface area contributed by atoms with Gasteiger partial charge in [0, 0.05) is 28.7 Å². The molecule has 10 nitrogen and oxygen atoms in total. The predicted molar refractivity (Wildman–Crippen MR) is 164 cm³/mol. The van der Waals surface area contributed by atoms with Crippen molar-refractivity contribution in [1.29, 1.82) is 0 Å². The molecular formula is C33H44O10. The second-order valence-electron chi connectivity index (χ2n) is 9.29. The van der Waals surface area contributed by atoms with Crippen LogP contribution < -0.4 is 37.9 Å². The van der Waals surface area contributed by atoms with Gasteiger partial charge in [-0.25, -0.2) is 9.59 Å². The van der Waals surface area contributed by atoms with E-state index in [9.17, 15) is 9.59 Å². The molecule has 10 heteroatoms. The predicted octanol–water partition coefficient (Wildman–Crippen LogP) is 6.59. The molecule has 0 aliphatic carbocycles. The molecule has 2 aromatic rings. The minimum Gasteiger partial charge on any atom is -0.490 e. The second-order valence-corrected chi connectivity index (χ2v) is 9.29. The van der Waals surface area contributed by atoms with Crippen LogP contribution in [0.4, 0.5) is 0 Å². The molecule has 0 saturated heterocycles. The Morgan fingerprint density at radius 3 is 1.14 bits per heavy atom. The third kappa shape index (κ3) is 7.94. The molecule has 236 valence electrons. The lowest BCUT2D eigenvalue weighted by Gasteiger charge is -2.33. The van der Waals surface area contributed by atoms with E-state index in [0.29, 0.717) is 22.6 Å². The van der Waals surface area contributed by atoms with E-state index in [1.54, 1.807) is 12.1 Å². The summed E-state index contributed by atoms with van der Waals surface area (Å²) < 4.78 is 47.6. The molecule has 0 radical (unpaired) electrons. The number of esters is 2. The van der Waals surface area contributed by atoms with Crippen LogP contribution in [-0.4, -0.2) is 51.6 Å². The lowest BCUT2D eigenvalue weighted by molar-refractivity contribution is -0.130. The van der Waals surface area contributed by atoms with Gasteiger partial charge in [0.25, 0.3) is 0 Å². The van der Waals surface area contributed by atoms with Crippen LogP contribution >= 0.6 is 0 Å². The van der Waals surface area contributed by atoms with E-state index in [2.05, 4.69) is 13.2 Å². The van der Waals surface area contributed by atoms with E-state index in [1.165, 1.54) is 0 Å².